The van der Waals surface area contributed by atoms with E-state index in [1.165, 1.54) is 27.8 Å². The van der Waals surface area contributed by atoms with Gasteiger partial charge >= 0.3 is 116 Å². The fourth-order valence-electron chi connectivity index (χ4n) is 2.23. The molecule has 21 heavy (non-hydrogen) atoms. The van der Waals surface area contributed by atoms with Crippen LogP contribution in [0.5, 0.6) is 5.75 Å². The van der Waals surface area contributed by atoms with Crippen LogP contribution >= 0.6 is 0 Å². The largest absolute Gasteiger partial charge is 0.870 e. The van der Waals surface area contributed by atoms with E-state index in [1.807, 2.05) is 24.3 Å². The number of ether oxygens (including phenoxy) is 1. The maximum atomic E-state index is 5.86. The molecule has 0 atom stereocenters. The van der Waals surface area contributed by atoms with Crippen molar-refractivity contribution >= 4 is 13.3 Å². The third kappa shape index (κ3) is 4.35. The molecule has 0 fully saturated rings. The van der Waals surface area contributed by atoms with Gasteiger partial charge in [-0.15, -0.1) is 0 Å². The molecule has 2 rings (SSSR count). The Bertz CT molecular complexity index is 566. The van der Waals surface area contributed by atoms with Crippen molar-refractivity contribution in [1.29, 1.82) is 0 Å². The van der Waals surface area contributed by atoms with Gasteiger partial charge in [0.2, 0.25) is 0 Å². The van der Waals surface area contributed by atoms with Crippen molar-refractivity contribution in [3.8, 4) is 5.75 Å². The van der Waals surface area contributed by atoms with E-state index in [2.05, 4.69) is 33.8 Å². The van der Waals surface area contributed by atoms with Gasteiger partial charge in [-0.3, -0.25) is 0 Å². The number of aryl methyl sites for hydroxylation is 2. The Morgan fingerprint density at radius 1 is 0.857 bits per heavy atom. The van der Waals surface area contributed by atoms with E-state index >= 15 is 0 Å². The second kappa shape index (κ2) is 7.86. The van der Waals surface area contributed by atoms with E-state index in [9.17, 15) is 0 Å². The van der Waals surface area contributed by atoms with Crippen LogP contribution in [0.15, 0.2) is 30.3 Å². The van der Waals surface area contributed by atoms with E-state index in [4.69, 9.17) is 12.6 Å². The molecule has 0 radical (unpaired) electrons. The van der Waals surface area contributed by atoms with Crippen molar-refractivity contribution in [3.05, 3.63) is 58.1 Å². The number of hydrogen-bond acceptors (Lipinski definition) is 3. The standard InChI is InChI=1S/C17H19BO.2H2O/c1-11-9-12(2)14(4)17(13(11)3)10-19-16-7-5-15(18)6-8-16;;/h5-9H,10H2,1-4H3;2*1H2/q+2;;/p-2. The molecule has 0 saturated carbocycles. The Kier molecular flexibility index (Phi) is 7.20. The van der Waals surface area contributed by atoms with Gasteiger partial charge < -0.3 is 11.0 Å². The van der Waals surface area contributed by atoms with Gasteiger partial charge in [0.05, 0.1) is 0 Å². The first-order chi connectivity index (χ1) is 8.99. The van der Waals surface area contributed by atoms with Crippen LogP contribution in [-0.2, 0) is 6.61 Å². The zero-order valence-electron chi connectivity index (χ0n) is 13.0. The summed E-state index contributed by atoms with van der Waals surface area (Å²) < 4.78 is 5.86. The van der Waals surface area contributed by atoms with Crippen LogP contribution in [0.25, 0.3) is 0 Å². The molecule has 2 aromatic rings. The molecule has 0 spiro atoms. The molecule has 0 aliphatic rings. The summed E-state index contributed by atoms with van der Waals surface area (Å²) in [6.45, 7) is 9.21. The van der Waals surface area contributed by atoms with Crippen molar-refractivity contribution < 1.29 is 15.7 Å². The normalized spacial score (nSPS) is 9.62. The summed E-state index contributed by atoms with van der Waals surface area (Å²) in [6.07, 6.45) is 0. The van der Waals surface area contributed by atoms with E-state index in [0.717, 1.165) is 11.2 Å². The van der Waals surface area contributed by atoms with Gasteiger partial charge in [0.1, 0.15) is 0 Å². The summed E-state index contributed by atoms with van der Waals surface area (Å²) in [4.78, 5) is 0. The topological polar surface area (TPSA) is 69.2 Å². The maximum absolute atomic E-state index is 5.86. The first-order valence-corrected chi connectivity index (χ1v) is 6.53. The third-order valence-corrected chi connectivity index (χ3v) is 3.78. The Morgan fingerprint density at radius 3 is 1.81 bits per heavy atom. The summed E-state index contributed by atoms with van der Waals surface area (Å²) in [5.74, 6) is 0.854. The molecule has 4 heteroatoms. The summed E-state index contributed by atoms with van der Waals surface area (Å²) in [6, 6.07) is 9.76. The molecule has 0 heterocycles. The first-order valence-electron chi connectivity index (χ1n) is 6.53. The number of hydrogen-bond donors (Lipinski definition) is 0. The van der Waals surface area contributed by atoms with Crippen LogP contribution in [0, 0.1) is 27.7 Å². The first kappa shape index (κ1) is 19.2. The van der Waals surface area contributed by atoms with Crippen LogP contribution in [0.2, 0.25) is 0 Å². The molecule has 110 valence electrons. The average Bonchev–Trinajstić information content (AvgIpc) is 2.38. The van der Waals surface area contributed by atoms with Crippen molar-refractivity contribution in [1.82, 2.24) is 0 Å². The van der Waals surface area contributed by atoms with Gasteiger partial charge in [-0.05, 0) is 0 Å². The van der Waals surface area contributed by atoms with Gasteiger partial charge in [-0.1, -0.05) is 0 Å². The van der Waals surface area contributed by atoms with Gasteiger partial charge in [0.15, 0.2) is 0 Å². The number of benzene rings is 2. The van der Waals surface area contributed by atoms with Crippen molar-refractivity contribution in [3.63, 3.8) is 0 Å². The van der Waals surface area contributed by atoms with E-state index in [1.54, 1.807) is 0 Å². The van der Waals surface area contributed by atoms with Crippen LogP contribution in [0.4, 0.5) is 0 Å². The fourth-order valence-corrected chi connectivity index (χ4v) is 2.23. The van der Waals surface area contributed by atoms with Crippen LogP contribution < -0.4 is 10.2 Å². The molecule has 0 saturated heterocycles. The van der Waals surface area contributed by atoms with Crippen LogP contribution in [0.3, 0.4) is 0 Å². The molecule has 0 bridgehead atoms. The van der Waals surface area contributed by atoms with Gasteiger partial charge in [-0.25, -0.2) is 0 Å². The zero-order chi connectivity index (χ0) is 14.0. The fraction of sp³-hybridized carbons (Fsp3) is 0.294. The Labute approximate surface area is 128 Å². The van der Waals surface area contributed by atoms with E-state index < -0.39 is 0 Å². The predicted octanol–water partition coefficient (Wildman–Crippen LogP) is 2.94. The van der Waals surface area contributed by atoms with E-state index in [-0.39, 0.29) is 11.0 Å². The van der Waals surface area contributed by atoms with Crippen molar-refractivity contribution in [2.45, 2.75) is 34.3 Å². The summed E-state index contributed by atoms with van der Waals surface area (Å²) in [5, 5.41) is 0. The molecular formula is C17H21BO3. The van der Waals surface area contributed by atoms with Crippen LogP contribution in [0.1, 0.15) is 27.8 Å². The Balaban J connectivity index is 0.00000200. The molecule has 0 aliphatic heterocycles. The Hall–Kier alpha value is -1.78. The van der Waals surface area contributed by atoms with Gasteiger partial charge in [-0.2, -0.15) is 0 Å². The molecule has 2 aromatic carbocycles. The minimum absolute atomic E-state index is 0. The zero-order valence-corrected chi connectivity index (χ0v) is 13.0. The molecule has 0 aliphatic carbocycles. The average molecular weight is 284 g/mol. The van der Waals surface area contributed by atoms with Gasteiger partial charge in [0.25, 0.3) is 0 Å². The van der Waals surface area contributed by atoms with Crippen molar-refractivity contribution in [2.24, 2.45) is 0 Å². The predicted molar refractivity (Wildman–Crippen MR) is 85.4 cm³/mol. The quantitative estimate of drug-likeness (QED) is 0.813. The molecule has 0 unspecified atom stereocenters. The Morgan fingerprint density at radius 2 is 1.33 bits per heavy atom. The molecule has 2 N–H and O–H groups in total. The molecular weight excluding hydrogens is 263 g/mol. The van der Waals surface area contributed by atoms with Crippen molar-refractivity contribution in [2.75, 3.05) is 0 Å². The minimum Gasteiger partial charge on any atom is -0.870 e. The monoisotopic (exact) mass is 284 g/mol. The molecule has 0 aromatic heterocycles. The van der Waals surface area contributed by atoms with Gasteiger partial charge in [0, 0.05) is 0 Å². The van der Waals surface area contributed by atoms with Crippen LogP contribution in [-0.4, -0.2) is 18.8 Å². The smallest absolute Gasteiger partial charge is 0.870 e. The maximum Gasteiger partial charge on any atom is -0.870 e. The molecule has 3 nitrogen and oxygen atoms in total. The minimum atomic E-state index is 0. The second-order valence-electron chi connectivity index (χ2n) is 5.10. The summed E-state index contributed by atoms with van der Waals surface area (Å²) >= 11 is 0. The third-order valence-electron chi connectivity index (χ3n) is 3.78. The molecule has 0 amide bonds. The SMILES string of the molecule is [B+2]c1ccc(OCc2c(C)c(C)cc(C)c2C)cc1.[OH-].[OH-]. The van der Waals surface area contributed by atoms with E-state index in [0.29, 0.717) is 6.61 Å². The summed E-state index contributed by atoms with van der Waals surface area (Å²) in [7, 11) is 5.67. The number of rotatable bonds is 3. The summed E-state index contributed by atoms with van der Waals surface area (Å²) in [5.41, 5.74) is 7.32. The second-order valence-corrected chi connectivity index (χ2v) is 5.10.